The third-order valence-electron chi connectivity index (χ3n) is 3.25. The Labute approximate surface area is 105 Å². The minimum Gasteiger partial charge on any atom is -0.477 e. The van der Waals surface area contributed by atoms with Crippen molar-refractivity contribution in [3.63, 3.8) is 0 Å². The molecule has 0 amide bonds. The van der Waals surface area contributed by atoms with Crippen LogP contribution < -0.4 is 10.6 Å². The molecule has 18 heavy (non-hydrogen) atoms. The average molecular weight is 251 g/mol. The first-order valence-electron chi connectivity index (χ1n) is 6.01. The third kappa shape index (κ3) is 2.38. The minimum atomic E-state index is -1.08. The summed E-state index contributed by atoms with van der Waals surface area (Å²) < 4.78 is 0. The van der Waals surface area contributed by atoms with Crippen LogP contribution in [-0.2, 0) is 0 Å². The highest BCUT2D eigenvalue weighted by Crippen LogP contribution is 2.31. The number of carboxylic acids is 1. The molecule has 1 aromatic rings. The Balaban J connectivity index is 2.32. The smallest absolute Gasteiger partial charge is 0.354 e. The number of nitrogens with two attached hydrogens (primary N) is 1. The van der Waals surface area contributed by atoms with Crippen molar-refractivity contribution in [3.8, 4) is 0 Å². The lowest BCUT2D eigenvalue weighted by Crippen LogP contribution is -2.43. The summed E-state index contributed by atoms with van der Waals surface area (Å²) in [6.07, 6.45) is 3.20. The summed E-state index contributed by atoms with van der Waals surface area (Å²) in [6, 6.07) is 3.24. The van der Waals surface area contributed by atoms with Crippen LogP contribution in [0.1, 0.15) is 29.8 Å². The molecule has 0 radical (unpaired) electrons. The maximum absolute atomic E-state index is 10.9. The summed E-state index contributed by atoms with van der Waals surface area (Å²) in [4.78, 5) is 16.9. The van der Waals surface area contributed by atoms with Crippen molar-refractivity contribution in [1.29, 1.82) is 0 Å². The summed E-state index contributed by atoms with van der Waals surface area (Å²) in [7, 11) is 0. The topological polar surface area (TPSA) is 99.7 Å². The van der Waals surface area contributed by atoms with E-state index in [0.29, 0.717) is 24.1 Å². The third-order valence-corrected chi connectivity index (χ3v) is 3.25. The molecule has 1 fully saturated rings. The monoisotopic (exact) mass is 251 g/mol. The van der Waals surface area contributed by atoms with Crippen LogP contribution in [0, 0.1) is 0 Å². The number of nitrogen functional groups attached to an aromatic ring is 1. The lowest BCUT2D eigenvalue weighted by Gasteiger charge is -2.38. The summed E-state index contributed by atoms with van der Waals surface area (Å²) in [5.74, 6) is -0.609. The molecule has 6 nitrogen and oxygen atoms in total. The van der Waals surface area contributed by atoms with E-state index in [2.05, 4.69) is 4.98 Å². The van der Waals surface area contributed by atoms with Crippen LogP contribution in [0.2, 0.25) is 0 Å². The maximum Gasteiger partial charge on any atom is 0.354 e. The van der Waals surface area contributed by atoms with Crippen molar-refractivity contribution in [2.75, 3.05) is 23.8 Å². The summed E-state index contributed by atoms with van der Waals surface area (Å²) in [6.45, 7) is 0.417. The average Bonchev–Trinajstić information content (AvgIpc) is 2.26. The predicted molar refractivity (Wildman–Crippen MR) is 67.7 cm³/mol. The zero-order valence-electron chi connectivity index (χ0n) is 10.0. The number of aromatic carboxylic acids is 1. The van der Waals surface area contributed by atoms with Crippen molar-refractivity contribution in [3.05, 3.63) is 17.8 Å². The van der Waals surface area contributed by atoms with Crippen LogP contribution in [0.3, 0.4) is 0 Å². The van der Waals surface area contributed by atoms with E-state index in [4.69, 9.17) is 15.9 Å². The molecular formula is C12H17N3O3. The molecule has 0 spiro atoms. The zero-order chi connectivity index (χ0) is 13.1. The maximum atomic E-state index is 10.9. The molecule has 0 aromatic carbocycles. The highest BCUT2D eigenvalue weighted by atomic mass is 16.4. The molecule has 4 N–H and O–H groups in total. The predicted octanol–water partition coefficient (Wildman–Crippen LogP) is 0.713. The van der Waals surface area contributed by atoms with Gasteiger partial charge in [0.25, 0.3) is 0 Å². The van der Waals surface area contributed by atoms with Crippen LogP contribution >= 0.6 is 0 Å². The van der Waals surface area contributed by atoms with Crippen LogP contribution in [0.25, 0.3) is 0 Å². The molecule has 6 heteroatoms. The van der Waals surface area contributed by atoms with Gasteiger partial charge in [-0.3, -0.25) is 0 Å². The van der Waals surface area contributed by atoms with E-state index in [1.807, 2.05) is 4.90 Å². The fraction of sp³-hybridized carbons (Fsp3) is 0.500. The van der Waals surface area contributed by atoms with Crippen LogP contribution in [0.4, 0.5) is 11.5 Å². The number of pyridine rings is 1. The number of aliphatic hydroxyl groups is 1. The summed E-state index contributed by atoms with van der Waals surface area (Å²) >= 11 is 0. The molecule has 0 aliphatic heterocycles. The van der Waals surface area contributed by atoms with Gasteiger partial charge < -0.3 is 20.8 Å². The molecule has 0 unspecified atom stereocenters. The van der Waals surface area contributed by atoms with E-state index in [0.717, 1.165) is 19.3 Å². The zero-order valence-corrected chi connectivity index (χ0v) is 10.0. The van der Waals surface area contributed by atoms with Gasteiger partial charge in [-0.15, -0.1) is 0 Å². The van der Waals surface area contributed by atoms with Crippen LogP contribution in [0.15, 0.2) is 12.1 Å². The van der Waals surface area contributed by atoms with E-state index in [-0.39, 0.29) is 12.3 Å². The number of aromatic nitrogens is 1. The van der Waals surface area contributed by atoms with Crippen molar-refractivity contribution in [1.82, 2.24) is 4.98 Å². The van der Waals surface area contributed by atoms with Crippen molar-refractivity contribution in [2.45, 2.75) is 25.3 Å². The number of anilines is 2. The lowest BCUT2D eigenvalue weighted by atomic mass is 9.91. The van der Waals surface area contributed by atoms with Gasteiger partial charge in [0.15, 0.2) is 11.5 Å². The first-order valence-corrected chi connectivity index (χ1v) is 6.01. The fourth-order valence-corrected chi connectivity index (χ4v) is 2.08. The Bertz CT molecular complexity index is 446. The minimum absolute atomic E-state index is 0.00504. The fourth-order valence-electron chi connectivity index (χ4n) is 2.08. The van der Waals surface area contributed by atoms with Crippen molar-refractivity contribution < 1.29 is 15.0 Å². The number of carbonyl (C=O) groups is 1. The Morgan fingerprint density at radius 1 is 1.50 bits per heavy atom. The molecule has 1 aliphatic rings. The number of nitrogens with zero attached hydrogens (tertiary/aromatic N) is 2. The Kier molecular flexibility index (Phi) is 3.66. The van der Waals surface area contributed by atoms with Gasteiger partial charge >= 0.3 is 5.97 Å². The molecular weight excluding hydrogens is 234 g/mol. The van der Waals surface area contributed by atoms with E-state index in [1.54, 1.807) is 6.07 Å². The van der Waals surface area contributed by atoms with Crippen molar-refractivity contribution in [2.24, 2.45) is 0 Å². The summed E-state index contributed by atoms with van der Waals surface area (Å²) in [5.41, 5.74) is 6.28. The Hall–Kier alpha value is -1.82. The second-order valence-corrected chi connectivity index (χ2v) is 4.42. The Morgan fingerprint density at radius 2 is 2.22 bits per heavy atom. The van der Waals surface area contributed by atoms with Crippen molar-refractivity contribution >= 4 is 17.5 Å². The second-order valence-electron chi connectivity index (χ2n) is 4.42. The quantitative estimate of drug-likeness (QED) is 0.712. The normalized spacial score (nSPS) is 15.2. The molecule has 98 valence electrons. The lowest BCUT2D eigenvalue weighted by molar-refractivity contribution is 0.0690. The van der Waals surface area contributed by atoms with E-state index < -0.39 is 5.97 Å². The van der Waals surface area contributed by atoms with E-state index >= 15 is 0 Å². The van der Waals surface area contributed by atoms with Gasteiger partial charge in [-0.25, -0.2) is 9.78 Å². The standard InChI is InChI=1S/C12H17N3O3/c13-9-4-5-10(12(17)18)14-11(9)15(6-7-16)8-2-1-3-8/h4-5,8,16H,1-3,6-7,13H2,(H,17,18). The number of hydrogen-bond donors (Lipinski definition) is 3. The van der Waals surface area contributed by atoms with Gasteiger partial charge in [-0.2, -0.15) is 0 Å². The van der Waals surface area contributed by atoms with E-state index in [9.17, 15) is 4.79 Å². The highest BCUT2D eigenvalue weighted by molar-refractivity contribution is 5.87. The molecule has 1 saturated carbocycles. The largest absolute Gasteiger partial charge is 0.477 e. The molecule has 0 saturated heterocycles. The molecule has 0 atom stereocenters. The van der Waals surface area contributed by atoms with Gasteiger partial charge in [0.05, 0.1) is 12.3 Å². The second kappa shape index (κ2) is 5.22. The van der Waals surface area contributed by atoms with Gasteiger partial charge in [0.2, 0.25) is 0 Å². The molecule has 1 aromatic heterocycles. The van der Waals surface area contributed by atoms with Crippen LogP contribution in [0.5, 0.6) is 0 Å². The Morgan fingerprint density at radius 3 is 2.72 bits per heavy atom. The summed E-state index contributed by atoms with van der Waals surface area (Å²) in [5, 5.41) is 18.1. The number of carboxylic acid groups (broad SMARTS) is 1. The molecule has 1 heterocycles. The number of aliphatic hydroxyl groups excluding tert-OH is 1. The molecule has 1 aliphatic carbocycles. The number of rotatable bonds is 5. The van der Waals surface area contributed by atoms with Gasteiger partial charge in [-0.05, 0) is 31.4 Å². The number of hydrogen-bond acceptors (Lipinski definition) is 5. The van der Waals surface area contributed by atoms with Crippen LogP contribution in [-0.4, -0.2) is 40.4 Å². The first-order chi connectivity index (χ1) is 8.63. The van der Waals surface area contributed by atoms with Gasteiger partial charge in [0.1, 0.15) is 0 Å². The first kappa shape index (κ1) is 12.6. The molecule has 0 bridgehead atoms. The van der Waals surface area contributed by atoms with E-state index in [1.165, 1.54) is 6.07 Å². The SMILES string of the molecule is Nc1ccc(C(=O)O)nc1N(CCO)C1CCC1. The molecule has 2 rings (SSSR count). The highest BCUT2D eigenvalue weighted by Gasteiger charge is 2.27. The van der Waals surface area contributed by atoms with Gasteiger partial charge in [0, 0.05) is 12.6 Å². The van der Waals surface area contributed by atoms with Gasteiger partial charge in [-0.1, -0.05) is 0 Å².